The standard InChI is InChI=1S/C23H24N2O5/c1-3-13-30-18-7-4-6-17(15-18)20-19(21(26)16-8-10-24-11-9-16)22(27)23(28)25(20)12-5-14-29-2/h3-4,6-11,15,20,26H,1,5,12-14H2,2H3. The summed E-state index contributed by atoms with van der Waals surface area (Å²) < 4.78 is 10.7. The van der Waals surface area contributed by atoms with Gasteiger partial charge in [0, 0.05) is 38.2 Å². The second-order valence-electron chi connectivity index (χ2n) is 6.75. The Labute approximate surface area is 175 Å². The van der Waals surface area contributed by atoms with Crippen LogP contribution in [0.4, 0.5) is 0 Å². The molecule has 1 aliphatic heterocycles. The number of hydrogen-bond donors (Lipinski definition) is 1. The van der Waals surface area contributed by atoms with Crippen LogP contribution in [0, 0.1) is 0 Å². The van der Waals surface area contributed by atoms with Gasteiger partial charge in [0.05, 0.1) is 11.6 Å². The molecule has 156 valence electrons. The van der Waals surface area contributed by atoms with Crippen LogP contribution in [0.25, 0.3) is 5.76 Å². The smallest absolute Gasteiger partial charge is 0.295 e. The third-order valence-electron chi connectivity index (χ3n) is 4.78. The van der Waals surface area contributed by atoms with Crippen LogP contribution in [0.2, 0.25) is 0 Å². The van der Waals surface area contributed by atoms with Crippen molar-refractivity contribution in [3.05, 3.63) is 78.1 Å². The molecule has 0 aliphatic carbocycles. The number of nitrogens with zero attached hydrogens (tertiary/aromatic N) is 2. The first-order chi connectivity index (χ1) is 14.6. The van der Waals surface area contributed by atoms with Crippen LogP contribution < -0.4 is 4.74 Å². The van der Waals surface area contributed by atoms with Gasteiger partial charge in [0.25, 0.3) is 11.7 Å². The van der Waals surface area contributed by atoms with Crippen molar-refractivity contribution in [3.8, 4) is 5.75 Å². The van der Waals surface area contributed by atoms with Crippen LogP contribution in [0.3, 0.4) is 0 Å². The lowest BCUT2D eigenvalue weighted by Gasteiger charge is -2.25. The Balaban J connectivity index is 2.09. The number of aliphatic hydroxyl groups is 1. The quantitative estimate of drug-likeness (QED) is 0.225. The molecule has 0 spiro atoms. The van der Waals surface area contributed by atoms with Crippen LogP contribution in [-0.4, -0.2) is 53.5 Å². The molecular formula is C23H24N2O5. The average Bonchev–Trinajstić information content (AvgIpc) is 3.03. The monoisotopic (exact) mass is 408 g/mol. The average molecular weight is 408 g/mol. The van der Waals surface area contributed by atoms with E-state index in [-0.39, 0.29) is 11.3 Å². The number of pyridine rings is 1. The highest BCUT2D eigenvalue weighted by atomic mass is 16.5. The molecule has 1 fully saturated rings. The Morgan fingerprint density at radius 2 is 2.03 bits per heavy atom. The molecule has 30 heavy (non-hydrogen) atoms. The van der Waals surface area contributed by atoms with Gasteiger partial charge < -0.3 is 19.5 Å². The van der Waals surface area contributed by atoms with E-state index in [1.165, 1.54) is 17.3 Å². The number of carbonyl (C=O) groups is 2. The van der Waals surface area contributed by atoms with Crippen LogP contribution in [-0.2, 0) is 14.3 Å². The Kier molecular flexibility index (Phi) is 6.98. The molecule has 0 radical (unpaired) electrons. The van der Waals surface area contributed by atoms with Gasteiger partial charge in [0.15, 0.2) is 0 Å². The number of rotatable bonds is 9. The van der Waals surface area contributed by atoms with Gasteiger partial charge in [-0.3, -0.25) is 14.6 Å². The largest absolute Gasteiger partial charge is 0.507 e. The first-order valence-electron chi connectivity index (χ1n) is 9.60. The van der Waals surface area contributed by atoms with Crippen molar-refractivity contribution in [2.45, 2.75) is 12.5 Å². The first-order valence-corrected chi connectivity index (χ1v) is 9.60. The number of aliphatic hydroxyl groups excluding tert-OH is 1. The Morgan fingerprint density at radius 3 is 2.73 bits per heavy atom. The molecule has 1 amide bonds. The number of carbonyl (C=O) groups excluding carboxylic acids is 2. The molecule has 1 aliphatic rings. The molecule has 0 saturated carbocycles. The SMILES string of the molecule is C=CCOc1cccc(C2C(=C(O)c3ccncc3)C(=O)C(=O)N2CCCOC)c1. The molecule has 2 heterocycles. The second kappa shape index (κ2) is 9.84. The Hall–Kier alpha value is -3.45. The number of Topliss-reactive ketones (excluding diaryl/α,β-unsaturated/α-hetero) is 1. The summed E-state index contributed by atoms with van der Waals surface area (Å²) in [5.41, 5.74) is 1.14. The lowest BCUT2D eigenvalue weighted by atomic mass is 9.95. The van der Waals surface area contributed by atoms with Crippen molar-refractivity contribution in [1.29, 1.82) is 0 Å². The van der Waals surface area contributed by atoms with Gasteiger partial charge in [0.2, 0.25) is 0 Å². The first kappa shape index (κ1) is 21.3. The maximum absolute atomic E-state index is 12.9. The molecule has 1 aromatic carbocycles. The van der Waals surface area contributed by atoms with Crippen molar-refractivity contribution in [3.63, 3.8) is 0 Å². The highest BCUT2D eigenvalue weighted by molar-refractivity contribution is 6.46. The lowest BCUT2D eigenvalue weighted by molar-refractivity contribution is -0.140. The molecule has 1 unspecified atom stereocenters. The summed E-state index contributed by atoms with van der Waals surface area (Å²) in [5, 5.41) is 10.9. The number of aromatic nitrogens is 1. The number of likely N-dealkylation sites (tertiary alicyclic amines) is 1. The van der Waals surface area contributed by atoms with E-state index in [1.54, 1.807) is 49.6 Å². The van der Waals surface area contributed by atoms with E-state index in [0.29, 0.717) is 43.1 Å². The van der Waals surface area contributed by atoms with Gasteiger partial charge >= 0.3 is 0 Å². The van der Waals surface area contributed by atoms with Crippen LogP contribution in [0.5, 0.6) is 5.75 Å². The third kappa shape index (κ3) is 4.41. The summed E-state index contributed by atoms with van der Waals surface area (Å²) in [5.74, 6) is -1.01. The Morgan fingerprint density at radius 1 is 1.27 bits per heavy atom. The molecule has 0 bridgehead atoms. The molecular weight excluding hydrogens is 384 g/mol. The fraction of sp³-hybridized carbons (Fsp3) is 0.261. The summed E-state index contributed by atoms with van der Waals surface area (Å²) in [6.45, 7) is 4.73. The fourth-order valence-electron chi connectivity index (χ4n) is 3.43. The van der Waals surface area contributed by atoms with E-state index < -0.39 is 17.7 Å². The van der Waals surface area contributed by atoms with Crippen molar-refractivity contribution >= 4 is 17.4 Å². The topological polar surface area (TPSA) is 89.0 Å². The third-order valence-corrected chi connectivity index (χ3v) is 4.78. The van der Waals surface area contributed by atoms with Gasteiger partial charge in [0.1, 0.15) is 18.1 Å². The summed E-state index contributed by atoms with van der Waals surface area (Å²) in [4.78, 5) is 31.1. The van der Waals surface area contributed by atoms with E-state index in [2.05, 4.69) is 11.6 Å². The predicted molar refractivity (Wildman–Crippen MR) is 112 cm³/mol. The predicted octanol–water partition coefficient (Wildman–Crippen LogP) is 3.10. The minimum atomic E-state index is -0.734. The van der Waals surface area contributed by atoms with Gasteiger partial charge in [-0.1, -0.05) is 24.8 Å². The number of benzene rings is 1. The van der Waals surface area contributed by atoms with Crippen LogP contribution in [0.15, 0.2) is 67.0 Å². The molecule has 1 aromatic heterocycles. The van der Waals surface area contributed by atoms with Crippen molar-refractivity contribution in [1.82, 2.24) is 9.88 Å². The van der Waals surface area contributed by atoms with Gasteiger partial charge in [-0.15, -0.1) is 0 Å². The van der Waals surface area contributed by atoms with E-state index in [0.717, 1.165) is 0 Å². The van der Waals surface area contributed by atoms with Crippen LogP contribution in [0.1, 0.15) is 23.6 Å². The van der Waals surface area contributed by atoms with Gasteiger partial charge in [-0.25, -0.2) is 0 Å². The minimum Gasteiger partial charge on any atom is -0.507 e. The number of methoxy groups -OCH3 is 1. The number of hydrogen-bond acceptors (Lipinski definition) is 6. The van der Waals surface area contributed by atoms with Gasteiger partial charge in [-0.05, 0) is 36.2 Å². The van der Waals surface area contributed by atoms with E-state index in [1.807, 2.05) is 0 Å². The number of ether oxygens (including phenoxy) is 2. The number of amides is 1. The molecule has 7 heteroatoms. The van der Waals surface area contributed by atoms with Crippen molar-refractivity contribution in [2.24, 2.45) is 0 Å². The molecule has 1 atom stereocenters. The molecule has 3 rings (SSSR count). The molecule has 1 N–H and O–H groups in total. The number of ketones is 1. The summed E-state index contributed by atoms with van der Waals surface area (Å²) in [6.07, 6.45) is 5.22. The Bertz CT molecular complexity index is 955. The fourth-order valence-corrected chi connectivity index (χ4v) is 3.43. The van der Waals surface area contributed by atoms with E-state index >= 15 is 0 Å². The van der Waals surface area contributed by atoms with Crippen molar-refractivity contribution < 1.29 is 24.2 Å². The zero-order valence-corrected chi connectivity index (χ0v) is 16.8. The van der Waals surface area contributed by atoms with E-state index in [9.17, 15) is 14.7 Å². The highest BCUT2D eigenvalue weighted by Crippen LogP contribution is 2.40. The maximum Gasteiger partial charge on any atom is 0.295 e. The normalized spacial score (nSPS) is 17.9. The summed E-state index contributed by atoms with van der Waals surface area (Å²) in [6, 6.07) is 9.59. The molecule has 7 nitrogen and oxygen atoms in total. The minimum absolute atomic E-state index is 0.0458. The summed E-state index contributed by atoms with van der Waals surface area (Å²) >= 11 is 0. The summed E-state index contributed by atoms with van der Waals surface area (Å²) in [7, 11) is 1.58. The second-order valence-corrected chi connectivity index (χ2v) is 6.75. The lowest BCUT2D eigenvalue weighted by Crippen LogP contribution is -2.31. The van der Waals surface area contributed by atoms with Crippen LogP contribution >= 0.6 is 0 Å². The van der Waals surface area contributed by atoms with E-state index in [4.69, 9.17) is 9.47 Å². The molecule has 1 saturated heterocycles. The van der Waals surface area contributed by atoms with Gasteiger partial charge in [-0.2, -0.15) is 0 Å². The molecule has 2 aromatic rings. The highest BCUT2D eigenvalue weighted by Gasteiger charge is 2.45. The zero-order chi connectivity index (χ0) is 21.5. The zero-order valence-electron chi connectivity index (χ0n) is 16.8. The van der Waals surface area contributed by atoms with Crippen molar-refractivity contribution in [2.75, 3.05) is 26.9 Å². The maximum atomic E-state index is 12.9.